The normalized spacial score (nSPS) is 10.9. The van der Waals surface area contributed by atoms with Crippen LogP contribution in [0.3, 0.4) is 0 Å². The van der Waals surface area contributed by atoms with Crippen LogP contribution in [0.5, 0.6) is 5.75 Å². The second kappa shape index (κ2) is 10.3. The van der Waals surface area contributed by atoms with Gasteiger partial charge in [-0.1, -0.05) is 18.2 Å². The second-order valence-electron chi connectivity index (χ2n) is 6.62. The summed E-state index contributed by atoms with van der Waals surface area (Å²) in [6.45, 7) is 4.25. The van der Waals surface area contributed by atoms with Gasteiger partial charge in [-0.15, -0.1) is 0 Å². The maximum absolute atomic E-state index is 13.1. The van der Waals surface area contributed by atoms with Crippen molar-refractivity contribution in [2.45, 2.75) is 18.7 Å². The Hall–Kier alpha value is -2.37. The number of nitrogens with one attached hydrogen (secondary N) is 3. The zero-order valence-electron chi connectivity index (χ0n) is 17.0. The molecular formula is C22H22IN3O3S2. The summed E-state index contributed by atoms with van der Waals surface area (Å²) >= 11 is 7.59. The molecule has 0 aromatic heterocycles. The molecule has 0 saturated carbocycles. The molecule has 0 bridgehead atoms. The van der Waals surface area contributed by atoms with Gasteiger partial charge < -0.3 is 15.4 Å². The van der Waals surface area contributed by atoms with Crippen LogP contribution in [-0.4, -0.2) is 20.1 Å². The Labute approximate surface area is 201 Å². The molecule has 3 N–H and O–H groups in total. The average Bonchev–Trinajstić information content (AvgIpc) is 2.72. The molecule has 0 spiro atoms. The number of rotatable bonds is 7. The van der Waals surface area contributed by atoms with Crippen LogP contribution in [0, 0.1) is 10.5 Å². The number of benzene rings is 3. The van der Waals surface area contributed by atoms with Gasteiger partial charge in [0.25, 0.3) is 10.0 Å². The Balaban J connectivity index is 1.84. The number of para-hydroxylation sites is 2. The van der Waals surface area contributed by atoms with Gasteiger partial charge in [0, 0.05) is 9.26 Å². The van der Waals surface area contributed by atoms with E-state index in [4.69, 9.17) is 17.0 Å². The van der Waals surface area contributed by atoms with E-state index in [0.29, 0.717) is 29.4 Å². The molecule has 0 unspecified atom stereocenters. The van der Waals surface area contributed by atoms with Crippen molar-refractivity contribution in [3.63, 3.8) is 0 Å². The predicted molar refractivity (Wildman–Crippen MR) is 139 cm³/mol. The largest absolute Gasteiger partial charge is 0.492 e. The summed E-state index contributed by atoms with van der Waals surface area (Å²) in [5.74, 6) is 0.659. The quantitative estimate of drug-likeness (QED) is 0.255. The third kappa shape index (κ3) is 6.31. The number of halogens is 1. The number of ether oxygens (including phenoxy) is 1. The molecule has 0 heterocycles. The molecule has 0 fully saturated rings. The number of anilines is 3. The van der Waals surface area contributed by atoms with Crippen molar-refractivity contribution >= 4 is 67.0 Å². The fourth-order valence-electron chi connectivity index (χ4n) is 2.81. The summed E-state index contributed by atoms with van der Waals surface area (Å²) in [5.41, 5.74) is 2.36. The van der Waals surface area contributed by atoms with Crippen LogP contribution in [0.25, 0.3) is 0 Å². The van der Waals surface area contributed by atoms with Gasteiger partial charge in [0.2, 0.25) is 0 Å². The fraction of sp³-hybridized carbons (Fsp3) is 0.136. The summed E-state index contributed by atoms with van der Waals surface area (Å²) in [7, 11) is -3.84. The Morgan fingerprint density at radius 2 is 1.68 bits per heavy atom. The second-order valence-corrected chi connectivity index (χ2v) is 9.93. The first kappa shape index (κ1) is 23.3. The van der Waals surface area contributed by atoms with E-state index in [1.54, 1.807) is 24.3 Å². The standard InChI is InChI=1S/C22H22IN3O3S2/c1-3-29-20-7-5-4-6-18(20)24-22(30)25-19-13-8-15(2)14-21(19)31(27,28)26-17-11-9-16(23)10-12-17/h4-14,26H,3H2,1-2H3,(H2,24,25,30). The fourth-order valence-corrected chi connectivity index (χ4v) is 4.70. The minimum Gasteiger partial charge on any atom is -0.492 e. The van der Waals surface area contributed by atoms with Crippen LogP contribution in [0.4, 0.5) is 17.1 Å². The predicted octanol–water partition coefficient (Wildman–Crippen LogP) is 5.61. The van der Waals surface area contributed by atoms with Crippen LogP contribution in [0.15, 0.2) is 71.6 Å². The zero-order valence-corrected chi connectivity index (χ0v) is 20.8. The van der Waals surface area contributed by atoms with Gasteiger partial charge in [-0.05, 0) is 103 Å². The minimum atomic E-state index is -3.84. The molecule has 6 nitrogen and oxygen atoms in total. The summed E-state index contributed by atoms with van der Waals surface area (Å²) in [4.78, 5) is 0.105. The van der Waals surface area contributed by atoms with Crippen LogP contribution in [0.2, 0.25) is 0 Å². The van der Waals surface area contributed by atoms with E-state index in [9.17, 15) is 8.42 Å². The molecule has 31 heavy (non-hydrogen) atoms. The third-order valence-electron chi connectivity index (χ3n) is 4.21. The van der Waals surface area contributed by atoms with Gasteiger partial charge in [-0.25, -0.2) is 8.42 Å². The van der Waals surface area contributed by atoms with Crippen molar-refractivity contribution < 1.29 is 13.2 Å². The lowest BCUT2D eigenvalue weighted by Gasteiger charge is -2.17. The van der Waals surface area contributed by atoms with E-state index in [0.717, 1.165) is 9.13 Å². The average molecular weight is 567 g/mol. The first-order valence-corrected chi connectivity index (χ1v) is 12.4. The number of hydrogen-bond donors (Lipinski definition) is 3. The first-order chi connectivity index (χ1) is 14.8. The third-order valence-corrected chi connectivity index (χ3v) is 6.55. The number of sulfonamides is 1. The van der Waals surface area contributed by atoms with Crippen LogP contribution >= 0.6 is 34.8 Å². The van der Waals surface area contributed by atoms with Crippen molar-refractivity contribution in [3.8, 4) is 5.75 Å². The van der Waals surface area contributed by atoms with E-state index < -0.39 is 10.0 Å². The monoisotopic (exact) mass is 567 g/mol. The van der Waals surface area contributed by atoms with Gasteiger partial charge >= 0.3 is 0 Å². The molecule has 0 amide bonds. The summed E-state index contributed by atoms with van der Waals surface area (Å²) in [6, 6.07) is 19.6. The molecule has 0 aliphatic carbocycles. The van der Waals surface area contributed by atoms with Crippen molar-refractivity contribution in [2.24, 2.45) is 0 Å². The van der Waals surface area contributed by atoms with E-state index in [1.807, 2.05) is 56.3 Å². The highest BCUT2D eigenvalue weighted by Gasteiger charge is 2.20. The van der Waals surface area contributed by atoms with Gasteiger partial charge in [0.05, 0.1) is 18.0 Å². The lowest BCUT2D eigenvalue weighted by Crippen LogP contribution is -2.22. The summed E-state index contributed by atoms with van der Waals surface area (Å²) < 4.78 is 35.4. The molecular weight excluding hydrogens is 545 g/mol. The van der Waals surface area contributed by atoms with Gasteiger partial charge in [-0.3, -0.25) is 4.72 Å². The zero-order chi connectivity index (χ0) is 22.4. The van der Waals surface area contributed by atoms with Crippen LogP contribution in [-0.2, 0) is 10.0 Å². The Bertz CT molecular complexity index is 1180. The summed E-state index contributed by atoms with van der Waals surface area (Å²) in [5, 5.41) is 6.32. The lowest BCUT2D eigenvalue weighted by atomic mass is 10.2. The Morgan fingerprint density at radius 3 is 2.39 bits per heavy atom. The Kier molecular flexibility index (Phi) is 7.74. The van der Waals surface area contributed by atoms with Gasteiger partial charge in [0.15, 0.2) is 5.11 Å². The molecule has 162 valence electrons. The number of aryl methyl sites for hydroxylation is 1. The van der Waals surface area contributed by atoms with E-state index in [2.05, 4.69) is 37.9 Å². The molecule has 3 aromatic rings. The first-order valence-electron chi connectivity index (χ1n) is 9.47. The highest BCUT2D eigenvalue weighted by molar-refractivity contribution is 14.1. The topological polar surface area (TPSA) is 79.5 Å². The SMILES string of the molecule is CCOc1ccccc1NC(=S)Nc1ccc(C)cc1S(=O)(=O)Nc1ccc(I)cc1. The molecule has 3 aromatic carbocycles. The van der Waals surface area contributed by atoms with Crippen LogP contribution in [0.1, 0.15) is 12.5 Å². The number of thiocarbonyl (C=S) groups is 1. The highest BCUT2D eigenvalue weighted by Crippen LogP contribution is 2.27. The lowest BCUT2D eigenvalue weighted by molar-refractivity contribution is 0.342. The van der Waals surface area contributed by atoms with E-state index in [1.165, 1.54) is 0 Å². The highest BCUT2D eigenvalue weighted by atomic mass is 127. The van der Waals surface area contributed by atoms with Crippen molar-refractivity contribution in [2.75, 3.05) is 22.0 Å². The molecule has 3 rings (SSSR count). The van der Waals surface area contributed by atoms with Gasteiger partial charge in [0.1, 0.15) is 10.6 Å². The van der Waals surface area contributed by atoms with Crippen LogP contribution < -0.4 is 20.1 Å². The molecule has 0 aliphatic heterocycles. The van der Waals surface area contributed by atoms with Gasteiger partial charge in [-0.2, -0.15) is 0 Å². The smallest absolute Gasteiger partial charge is 0.263 e. The minimum absolute atomic E-state index is 0.105. The maximum Gasteiger partial charge on any atom is 0.263 e. The maximum atomic E-state index is 13.1. The summed E-state index contributed by atoms with van der Waals surface area (Å²) in [6.07, 6.45) is 0. The molecule has 0 atom stereocenters. The molecule has 0 aliphatic rings. The Morgan fingerprint density at radius 1 is 1.00 bits per heavy atom. The van der Waals surface area contributed by atoms with E-state index in [-0.39, 0.29) is 10.0 Å². The molecule has 9 heteroatoms. The molecule has 0 radical (unpaired) electrons. The molecule has 0 saturated heterocycles. The number of hydrogen-bond acceptors (Lipinski definition) is 4. The van der Waals surface area contributed by atoms with Crippen molar-refractivity contribution in [1.29, 1.82) is 0 Å². The van der Waals surface area contributed by atoms with Crippen molar-refractivity contribution in [1.82, 2.24) is 0 Å². The van der Waals surface area contributed by atoms with E-state index >= 15 is 0 Å². The van der Waals surface area contributed by atoms with Crippen molar-refractivity contribution in [3.05, 3.63) is 75.9 Å².